The van der Waals surface area contributed by atoms with Crippen molar-refractivity contribution in [1.82, 2.24) is 0 Å². The predicted octanol–water partition coefficient (Wildman–Crippen LogP) is 1.53. The molecule has 0 spiro atoms. The molecule has 0 aromatic carbocycles. The Labute approximate surface area is 59.1 Å². The van der Waals surface area contributed by atoms with E-state index in [0.29, 0.717) is 5.92 Å². The van der Waals surface area contributed by atoms with Crippen molar-refractivity contribution >= 4 is 23.2 Å². The number of nitrogens with two attached hydrogens (primary N) is 1. The molecule has 1 aliphatic rings. The van der Waals surface area contributed by atoms with Gasteiger partial charge in [0.25, 0.3) is 0 Å². The molecule has 0 heterocycles. The summed E-state index contributed by atoms with van der Waals surface area (Å²) < 4.78 is -0.492. The fraction of sp³-hybridized carbons (Fsp3) is 1.00. The number of hydrogen-bond acceptors (Lipinski definition) is 1. The quantitative estimate of drug-likeness (QED) is 0.569. The Hall–Kier alpha value is 0.540. The largest absolute Gasteiger partial charge is 0.328 e. The number of alkyl halides is 2. The van der Waals surface area contributed by atoms with Crippen molar-refractivity contribution in [1.29, 1.82) is 0 Å². The summed E-state index contributed by atoms with van der Waals surface area (Å²) in [7, 11) is 0. The Balaban J connectivity index is 2.37. The third-order valence-corrected chi connectivity index (χ3v) is 2.38. The molecule has 0 aromatic rings. The van der Waals surface area contributed by atoms with Crippen LogP contribution in [0, 0.1) is 5.92 Å². The van der Waals surface area contributed by atoms with Crippen LogP contribution in [0.1, 0.15) is 13.3 Å². The Morgan fingerprint density at radius 1 is 1.75 bits per heavy atom. The number of hydrogen-bond donors (Lipinski definition) is 1. The van der Waals surface area contributed by atoms with Crippen LogP contribution in [-0.4, -0.2) is 10.4 Å². The van der Waals surface area contributed by atoms with Crippen LogP contribution in [0.4, 0.5) is 0 Å². The van der Waals surface area contributed by atoms with Crippen LogP contribution in [0.3, 0.4) is 0 Å². The zero-order valence-corrected chi connectivity index (χ0v) is 6.21. The van der Waals surface area contributed by atoms with Gasteiger partial charge in [-0.1, -0.05) is 0 Å². The van der Waals surface area contributed by atoms with Crippen molar-refractivity contribution in [2.45, 2.75) is 23.7 Å². The van der Waals surface area contributed by atoms with Crippen molar-refractivity contribution < 1.29 is 0 Å². The lowest BCUT2D eigenvalue weighted by atomic mass is 10.2. The Bertz CT molecular complexity index is 101. The lowest BCUT2D eigenvalue weighted by Gasteiger charge is -2.01. The van der Waals surface area contributed by atoms with Gasteiger partial charge in [0.05, 0.1) is 0 Å². The Morgan fingerprint density at radius 2 is 2.12 bits per heavy atom. The summed E-state index contributed by atoms with van der Waals surface area (Å²) in [5.41, 5.74) is 5.50. The lowest BCUT2D eigenvalue weighted by molar-refractivity contribution is 0.643. The summed E-state index contributed by atoms with van der Waals surface area (Å²) >= 11 is 11.4. The first kappa shape index (κ1) is 6.66. The first-order chi connectivity index (χ1) is 3.54. The van der Waals surface area contributed by atoms with E-state index in [1.165, 1.54) is 0 Å². The van der Waals surface area contributed by atoms with Gasteiger partial charge < -0.3 is 5.73 Å². The molecule has 3 heteroatoms. The lowest BCUT2D eigenvalue weighted by Crippen LogP contribution is -2.20. The molecule has 0 aliphatic heterocycles. The highest BCUT2D eigenvalue weighted by atomic mass is 35.5. The number of rotatable bonds is 1. The van der Waals surface area contributed by atoms with Gasteiger partial charge in [-0.05, 0) is 13.3 Å². The minimum atomic E-state index is -0.492. The average molecular weight is 154 g/mol. The van der Waals surface area contributed by atoms with E-state index in [1.807, 2.05) is 6.92 Å². The van der Waals surface area contributed by atoms with Crippen LogP contribution >= 0.6 is 23.2 Å². The summed E-state index contributed by atoms with van der Waals surface area (Å²) in [6.45, 7) is 1.93. The van der Waals surface area contributed by atoms with Gasteiger partial charge in [0.2, 0.25) is 0 Å². The minimum Gasteiger partial charge on any atom is -0.328 e. The fourth-order valence-electron chi connectivity index (χ4n) is 0.805. The zero-order chi connectivity index (χ0) is 6.36. The molecule has 0 saturated heterocycles. The van der Waals surface area contributed by atoms with Gasteiger partial charge in [-0.15, -0.1) is 23.2 Å². The molecular formula is C5H9Cl2N. The summed E-state index contributed by atoms with van der Waals surface area (Å²) in [5, 5.41) is 0. The van der Waals surface area contributed by atoms with E-state index in [2.05, 4.69) is 0 Å². The van der Waals surface area contributed by atoms with Crippen molar-refractivity contribution in [3.8, 4) is 0 Å². The van der Waals surface area contributed by atoms with Crippen LogP contribution in [0.5, 0.6) is 0 Å². The van der Waals surface area contributed by atoms with E-state index < -0.39 is 4.33 Å². The van der Waals surface area contributed by atoms with Gasteiger partial charge in [-0.25, -0.2) is 0 Å². The molecule has 1 fully saturated rings. The van der Waals surface area contributed by atoms with E-state index in [1.54, 1.807) is 0 Å². The molecule has 1 saturated carbocycles. The minimum absolute atomic E-state index is 0.144. The maximum Gasteiger partial charge on any atom is 0.123 e. The first-order valence-electron chi connectivity index (χ1n) is 2.67. The Morgan fingerprint density at radius 3 is 2.12 bits per heavy atom. The molecule has 1 aliphatic carbocycles. The normalized spacial score (nSPS) is 36.8. The SMILES string of the molecule is C[C@H](N)[C@H]1CC1(Cl)Cl. The monoisotopic (exact) mass is 153 g/mol. The molecule has 1 nitrogen and oxygen atoms in total. The molecule has 0 bridgehead atoms. The molecule has 0 radical (unpaired) electrons. The van der Waals surface area contributed by atoms with Crippen LogP contribution < -0.4 is 5.73 Å². The van der Waals surface area contributed by atoms with Crippen molar-refractivity contribution in [3.63, 3.8) is 0 Å². The molecule has 1 rings (SSSR count). The molecule has 2 atom stereocenters. The van der Waals surface area contributed by atoms with Gasteiger partial charge in [0, 0.05) is 12.0 Å². The van der Waals surface area contributed by atoms with Gasteiger partial charge in [-0.2, -0.15) is 0 Å². The highest BCUT2D eigenvalue weighted by Gasteiger charge is 2.53. The van der Waals surface area contributed by atoms with Gasteiger partial charge in [0.1, 0.15) is 4.33 Å². The van der Waals surface area contributed by atoms with Crippen LogP contribution in [0.25, 0.3) is 0 Å². The fourth-order valence-corrected chi connectivity index (χ4v) is 1.53. The smallest absolute Gasteiger partial charge is 0.123 e. The Kier molecular flexibility index (Phi) is 1.46. The van der Waals surface area contributed by atoms with Crippen molar-refractivity contribution in [3.05, 3.63) is 0 Å². The third kappa shape index (κ3) is 1.09. The van der Waals surface area contributed by atoms with E-state index in [9.17, 15) is 0 Å². The van der Waals surface area contributed by atoms with Gasteiger partial charge in [-0.3, -0.25) is 0 Å². The maximum absolute atomic E-state index is 5.69. The average Bonchev–Trinajstić information content (AvgIpc) is 2.13. The van der Waals surface area contributed by atoms with E-state index in [4.69, 9.17) is 28.9 Å². The van der Waals surface area contributed by atoms with E-state index in [-0.39, 0.29) is 6.04 Å². The van der Waals surface area contributed by atoms with E-state index in [0.717, 1.165) is 6.42 Å². The first-order valence-corrected chi connectivity index (χ1v) is 3.43. The highest BCUT2D eigenvalue weighted by molar-refractivity contribution is 6.50. The summed E-state index contributed by atoms with van der Waals surface area (Å²) in [5.74, 6) is 0.325. The second kappa shape index (κ2) is 1.76. The van der Waals surface area contributed by atoms with Gasteiger partial charge in [0.15, 0.2) is 0 Å². The van der Waals surface area contributed by atoms with Crippen LogP contribution in [0.15, 0.2) is 0 Å². The topological polar surface area (TPSA) is 26.0 Å². The summed E-state index contributed by atoms with van der Waals surface area (Å²) in [6, 6.07) is 0.144. The second-order valence-corrected chi connectivity index (χ2v) is 3.97. The second-order valence-electron chi connectivity index (χ2n) is 2.43. The summed E-state index contributed by atoms with van der Waals surface area (Å²) in [6.07, 6.45) is 0.855. The van der Waals surface area contributed by atoms with Crippen molar-refractivity contribution in [2.75, 3.05) is 0 Å². The zero-order valence-electron chi connectivity index (χ0n) is 4.70. The molecule has 8 heavy (non-hydrogen) atoms. The van der Waals surface area contributed by atoms with Crippen LogP contribution in [0.2, 0.25) is 0 Å². The van der Waals surface area contributed by atoms with Crippen molar-refractivity contribution in [2.24, 2.45) is 11.7 Å². The van der Waals surface area contributed by atoms with E-state index >= 15 is 0 Å². The van der Waals surface area contributed by atoms with Gasteiger partial charge >= 0.3 is 0 Å². The highest BCUT2D eigenvalue weighted by Crippen LogP contribution is 2.54. The maximum atomic E-state index is 5.69. The molecule has 0 unspecified atom stereocenters. The standard InChI is InChI=1S/C5H9Cl2N/c1-3(8)4-2-5(4,6)7/h3-4H,2,8H2,1H3/t3-,4+/m0/s1. The molecular weight excluding hydrogens is 145 g/mol. The molecule has 0 amide bonds. The molecule has 0 aromatic heterocycles. The number of halogens is 2. The van der Waals surface area contributed by atoms with Crippen LogP contribution in [-0.2, 0) is 0 Å². The molecule has 2 N–H and O–H groups in total. The third-order valence-electron chi connectivity index (χ3n) is 1.51. The summed E-state index contributed by atoms with van der Waals surface area (Å²) in [4.78, 5) is 0. The predicted molar refractivity (Wildman–Crippen MR) is 36.2 cm³/mol. The molecule has 48 valence electrons.